The molecule has 4 aromatic rings. The predicted molar refractivity (Wildman–Crippen MR) is 123 cm³/mol. The summed E-state index contributed by atoms with van der Waals surface area (Å²) in [5.41, 5.74) is 3.75. The van der Waals surface area contributed by atoms with E-state index >= 15 is 0 Å². The van der Waals surface area contributed by atoms with Crippen LogP contribution in [0.3, 0.4) is 0 Å². The highest BCUT2D eigenvalue weighted by atomic mass is 16.5. The van der Waals surface area contributed by atoms with Crippen molar-refractivity contribution in [3.63, 3.8) is 0 Å². The van der Waals surface area contributed by atoms with Crippen molar-refractivity contribution in [2.45, 2.75) is 25.9 Å². The van der Waals surface area contributed by atoms with E-state index in [4.69, 9.17) is 9.15 Å². The first kappa shape index (κ1) is 19.9. The number of hydrogen-bond acceptors (Lipinski definition) is 5. The molecule has 0 spiro atoms. The maximum absolute atomic E-state index is 12.9. The van der Waals surface area contributed by atoms with E-state index in [1.807, 2.05) is 30.3 Å². The summed E-state index contributed by atoms with van der Waals surface area (Å²) in [6.07, 6.45) is 5.91. The number of hydrogen-bond donors (Lipinski definition) is 1. The number of amides is 1. The molecule has 0 radical (unpaired) electrons. The van der Waals surface area contributed by atoms with Gasteiger partial charge in [0.05, 0.1) is 18.4 Å². The van der Waals surface area contributed by atoms with Gasteiger partial charge in [-0.25, -0.2) is 0 Å². The van der Waals surface area contributed by atoms with Crippen molar-refractivity contribution < 1.29 is 13.9 Å². The Balaban J connectivity index is 1.27. The Morgan fingerprint density at radius 3 is 2.62 bits per heavy atom. The average Bonchev–Trinajstić information content (AvgIpc) is 3.40. The van der Waals surface area contributed by atoms with Crippen molar-refractivity contribution >= 4 is 17.3 Å². The van der Waals surface area contributed by atoms with Gasteiger partial charge in [0.1, 0.15) is 17.3 Å². The molecule has 1 atom stereocenters. The number of carbonyl (C=O) groups excluding carboxylic acids is 1. The van der Waals surface area contributed by atoms with Gasteiger partial charge in [-0.15, -0.1) is 0 Å². The zero-order valence-corrected chi connectivity index (χ0v) is 17.7. The number of fused-ring (bicyclic) bond motifs is 1. The van der Waals surface area contributed by atoms with E-state index in [1.165, 1.54) is 11.3 Å². The van der Waals surface area contributed by atoms with Gasteiger partial charge in [-0.1, -0.05) is 18.2 Å². The molecule has 160 valence electrons. The van der Waals surface area contributed by atoms with E-state index in [0.717, 1.165) is 6.42 Å². The van der Waals surface area contributed by atoms with E-state index in [0.29, 0.717) is 41.1 Å². The lowest BCUT2D eigenvalue weighted by Crippen LogP contribution is -2.29. The van der Waals surface area contributed by atoms with Gasteiger partial charge in [0.2, 0.25) is 0 Å². The molecule has 2 aromatic heterocycles. The minimum absolute atomic E-state index is 0.198. The molecule has 6 nitrogen and oxygen atoms in total. The highest BCUT2D eigenvalue weighted by Gasteiger charge is 2.28. The molecule has 1 N–H and O–H groups in total. The number of aromatic nitrogens is 1. The van der Waals surface area contributed by atoms with Gasteiger partial charge >= 0.3 is 0 Å². The monoisotopic (exact) mass is 425 g/mol. The van der Waals surface area contributed by atoms with Gasteiger partial charge in [0.15, 0.2) is 0 Å². The Labute approximate surface area is 186 Å². The van der Waals surface area contributed by atoms with E-state index in [9.17, 15) is 4.79 Å². The zero-order valence-electron chi connectivity index (χ0n) is 17.7. The SMILES string of the molecule is CC1Cc2ccccc2N1Cc1occc1C(=O)Nc1ccc(Oc2ccncc2)cc1. The van der Waals surface area contributed by atoms with Gasteiger partial charge < -0.3 is 19.4 Å². The van der Waals surface area contributed by atoms with Gasteiger partial charge in [-0.05, 0) is 67.4 Å². The predicted octanol–water partition coefficient (Wildman–Crippen LogP) is 5.67. The average molecular weight is 425 g/mol. The van der Waals surface area contributed by atoms with E-state index < -0.39 is 0 Å². The first-order valence-corrected chi connectivity index (χ1v) is 10.6. The Bertz CT molecular complexity index is 1220. The summed E-state index contributed by atoms with van der Waals surface area (Å²) >= 11 is 0. The molecule has 0 saturated carbocycles. The van der Waals surface area contributed by atoms with Gasteiger partial charge in [0, 0.05) is 29.8 Å². The molecule has 2 aromatic carbocycles. The van der Waals surface area contributed by atoms with Crippen molar-refractivity contribution in [1.29, 1.82) is 0 Å². The topological polar surface area (TPSA) is 67.6 Å². The number of benzene rings is 2. The number of nitrogens with one attached hydrogen (secondary N) is 1. The zero-order chi connectivity index (χ0) is 21.9. The van der Waals surface area contributed by atoms with Crippen LogP contribution in [0.5, 0.6) is 11.5 Å². The quantitative estimate of drug-likeness (QED) is 0.431. The molecular weight excluding hydrogens is 402 g/mol. The maximum Gasteiger partial charge on any atom is 0.259 e. The third-order valence-electron chi connectivity index (χ3n) is 5.65. The van der Waals surface area contributed by atoms with Crippen LogP contribution in [0, 0.1) is 0 Å². The van der Waals surface area contributed by atoms with E-state index in [-0.39, 0.29) is 5.91 Å². The lowest BCUT2D eigenvalue weighted by Gasteiger charge is -2.24. The standard InChI is InChI=1S/C26H23N3O3/c1-18-16-19-4-2-3-5-24(19)29(18)17-25-23(12-15-31-25)26(30)28-20-6-8-21(9-7-20)32-22-10-13-27-14-11-22/h2-15,18H,16-17H2,1H3,(H,28,30). The second-order valence-electron chi connectivity index (χ2n) is 7.83. The first-order chi connectivity index (χ1) is 15.7. The van der Waals surface area contributed by atoms with Crippen LogP contribution in [0.4, 0.5) is 11.4 Å². The normalized spacial score (nSPS) is 14.8. The molecule has 0 aliphatic carbocycles. The molecule has 0 fully saturated rings. The van der Waals surface area contributed by atoms with Crippen molar-refractivity contribution in [3.05, 3.63) is 102 Å². The number of rotatable bonds is 6. The maximum atomic E-state index is 12.9. The fourth-order valence-electron chi connectivity index (χ4n) is 4.04. The summed E-state index contributed by atoms with van der Waals surface area (Å²) < 4.78 is 11.5. The lowest BCUT2D eigenvalue weighted by atomic mass is 10.1. The molecule has 1 amide bonds. The van der Waals surface area contributed by atoms with Crippen molar-refractivity contribution in [2.24, 2.45) is 0 Å². The number of pyridine rings is 1. The molecule has 0 bridgehead atoms. The fourth-order valence-corrected chi connectivity index (χ4v) is 4.04. The molecule has 3 heterocycles. The first-order valence-electron chi connectivity index (χ1n) is 10.6. The van der Waals surface area contributed by atoms with Crippen molar-refractivity contribution in [2.75, 3.05) is 10.2 Å². The van der Waals surface area contributed by atoms with Crippen LogP contribution in [0.15, 0.2) is 89.8 Å². The summed E-state index contributed by atoms with van der Waals surface area (Å²) in [6, 6.07) is 21.3. The van der Waals surface area contributed by atoms with E-state index in [2.05, 4.69) is 40.3 Å². The molecular formula is C26H23N3O3. The minimum Gasteiger partial charge on any atom is -0.467 e. The largest absolute Gasteiger partial charge is 0.467 e. The number of furan rings is 1. The molecule has 1 unspecified atom stereocenters. The Morgan fingerprint density at radius 2 is 1.81 bits per heavy atom. The van der Waals surface area contributed by atoms with Gasteiger partial charge in [-0.2, -0.15) is 0 Å². The summed E-state index contributed by atoms with van der Waals surface area (Å²) in [4.78, 5) is 19.2. The molecule has 32 heavy (non-hydrogen) atoms. The summed E-state index contributed by atoms with van der Waals surface area (Å²) in [5, 5.41) is 2.95. The number of carbonyl (C=O) groups is 1. The summed E-state index contributed by atoms with van der Waals surface area (Å²) in [7, 11) is 0. The number of anilines is 2. The summed E-state index contributed by atoms with van der Waals surface area (Å²) in [5.74, 6) is 1.85. The van der Waals surface area contributed by atoms with Crippen LogP contribution < -0.4 is 15.0 Å². The summed E-state index contributed by atoms with van der Waals surface area (Å²) in [6.45, 7) is 2.74. The second-order valence-corrected chi connectivity index (χ2v) is 7.83. The second kappa shape index (κ2) is 8.59. The Kier molecular flexibility index (Phi) is 5.34. The smallest absolute Gasteiger partial charge is 0.259 e. The molecule has 1 aliphatic rings. The van der Waals surface area contributed by atoms with Crippen LogP contribution in [0.25, 0.3) is 0 Å². The highest BCUT2D eigenvalue weighted by Crippen LogP contribution is 2.33. The van der Waals surface area contributed by atoms with Gasteiger partial charge in [-0.3, -0.25) is 9.78 Å². The lowest BCUT2D eigenvalue weighted by molar-refractivity contribution is 0.102. The number of nitrogens with zero attached hydrogens (tertiary/aromatic N) is 2. The highest BCUT2D eigenvalue weighted by molar-refractivity contribution is 6.05. The van der Waals surface area contributed by atoms with Gasteiger partial charge in [0.25, 0.3) is 5.91 Å². The Morgan fingerprint density at radius 1 is 1.06 bits per heavy atom. The van der Waals surface area contributed by atoms with Crippen LogP contribution in [0.2, 0.25) is 0 Å². The number of para-hydroxylation sites is 1. The third kappa shape index (κ3) is 4.07. The molecule has 0 saturated heterocycles. The third-order valence-corrected chi connectivity index (χ3v) is 5.65. The molecule has 5 rings (SSSR count). The Hall–Kier alpha value is -4.06. The molecule has 6 heteroatoms. The number of ether oxygens (including phenoxy) is 1. The van der Waals surface area contributed by atoms with E-state index in [1.54, 1.807) is 36.9 Å². The fraction of sp³-hybridized carbons (Fsp3) is 0.154. The van der Waals surface area contributed by atoms with Crippen LogP contribution in [-0.4, -0.2) is 16.9 Å². The minimum atomic E-state index is -0.198. The van der Waals surface area contributed by atoms with Crippen molar-refractivity contribution in [3.8, 4) is 11.5 Å². The molecule has 1 aliphatic heterocycles. The van der Waals surface area contributed by atoms with Crippen LogP contribution in [0.1, 0.15) is 28.6 Å². The van der Waals surface area contributed by atoms with Crippen molar-refractivity contribution in [1.82, 2.24) is 4.98 Å². The van der Waals surface area contributed by atoms with Crippen LogP contribution >= 0.6 is 0 Å². The van der Waals surface area contributed by atoms with Crippen LogP contribution in [-0.2, 0) is 13.0 Å².